The van der Waals surface area contributed by atoms with Crippen LogP contribution in [0.5, 0.6) is 0 Å². The molecule has 2 aromatic rings. The predicted octanol–water partition coefficient (Wildman–Crippen LogP) is 1.87. The van der Waals surface area contributed by atoms with Gasteiger partial charge in [0.15, 0.2) is 11.5 Å². The van der Waals surface area contributed by atoms with Crippen LogP contribution >= 0.6 is 0 Å². The lowest BCUT2D eigenvalue weighted by atomic mass is 10.2. The minimum absolute atomic E-state index is 0.648. The number of rotatable bonds is 1. The third-order valence-electron chi connectivity index (χ3n) is 1.97. The Morgan fingerprint density at radius 1 is 1.38 bits per heavy atom. The zero-order chi connectivity index (χ0) is 9.42. The van der Waals surface area contributed by atoms with Gasteiger partial charge in [0.2, 0.25) is 0 Å². The predicted molar refractivity (Wildman–Crippen MR) is 50.2 cm³/mol. The molecule has 0 spiro atoms. The average molecular weight is 177 g/mol. The molecule has 0 radical (unpaired) electrons. The van der Waals surface area contributed by atoms with Crippen molar-refractivity contribution in [3.63, 3.8) is 0 Å². The van der Waals surface area contributed by atoms with Crippen molar-refractivity contribution in [1.82, 2.24) is 10.2 Å². The van der Waals surface area contributed by atoms with Gasteiger partial charge in [-0.15, -0.1) is 0 Å². The minimum Gasteiger partial charge on any atom is -0.460 e. The minimum atomic E-state index is 0.648. The van der Waals surface area contributed by atoms with Gasteiger partial charge in [0.05, 0.1) is 11.4 Å². The van der Waals surface area contributed by atoms with Gasteiger partial charge in [-0.25, -0.2) is 0 Å². The van der Waals surface area contributed by atoms with Crippen LogP contribution in [0.3, 0.4) is 0 Å². The van der Waals surface area contributed by atoms with Crippen LogP contribution in [-0.4, -0.2) is 10.2 Å². The third kappa shape index (κ3) is 1.20. The molecule has 0 aliphatic heterocycles. The molecule has 0 atom stereocenters. The largest absolute Gasteiger partial charge is 0.460 e. The van der Waals surface area contributed by atoms with Crippen molar-refractivity contribution >= 4 is 5.69 Å². The number of H-pyrrole nitrogens is 1. The fourth-order valence-electron chi connectivity index (χ4n) is 1.19. The fourth-order valence-corrected chi connectivity index (χ4v) is 1.19. The van der Waals surface area contributed by atoms with Crippen LogP contribution in [0.2, 0.25) is 0 Å². The summed E-state index contributed by atoms with van der Waals surface area (Å²) < 4.78 is 5.40. The molecule has 2 heterocycles. The van der Waals surface area contributed by atoms with Crippen LogP contribution in [-0.2, 0) is 0 Å². The molecule has 0 amide bonds. The van der Waals surface area contributed by atoms with Crippen LogP contribution in [0, 0.1) is 13.8 Å². The standard InChI is InChI=1S/C9H11N3O/c1-5-3-4-7(13-5)9-8(10)6(2)11-12-9/h3-4H,10H2,1-2H3,(H,11,12). The Hall–Kier alpha value is -1.71. The van der Waals surface area contributed by atoms with Gasteiger partial charge in [-0.2, -0.15) is 5.10 Å². The highest BCUT2D eigenvalue weighted by Crippen LogP contribution is 2.26. The molecule has 13 heavy (non-hydrogen) atoms. The average Bonchev–Trinajstić information content (AvgIpc) is 2.62. The van der Waals surface area contributed by atoms with Gasteiger partial charge < -0.3 is 10.2 Å². The number of aromatic amines is 1. The summed E-state index contributed by atoms with van der Waals surface area (Å²) in [4.78, 5) is 0. The first-order valence-electron chi connectivity index (χ1n) is 4.05. The number of hydrogen-bond acceptors (Lipinski definition) is 3. The molecule has 4 heteroatoms. The Balaban J connectivity index is 2.52. The SMILES string of the molecule is Cc1ccc(-c2n[nH]c(C)c2N)o1. The Kier molecular flexibility index (Phi) is 1.62. The first-order chi connectivity index (χ1) is 6.18. The van der Waals surface area contributed by atoms with Crippen molar-refractivity contribution in [2.24, 2.45) is 0 Å². The maximum absolute atomic E-state index is 5.79. The second kappa shape index (κ2) is 2.65. The van der Waals surface area contributed by atoms with E-state index in [1.165, 1.54) is 0 Å². The number of nitrogens with zero attached hydrogens (tertiary/aromatic N) is 1. The molecule has 3 N–H and O–H groups in total. The molecule has 0 bridgehead atoms. The van der Waals surface area contributed by atoms with Gasteiger partial charge >= 0.3 is 0 Å². The zero-order valence-corrected chi connectivity index (χ0v) is 7.59. The number of furan rings is 1. The van der Waals surface area contributed by atoms with Crippen LogP contribution in [0.15, 0.2) is 16.5 Å². The van der Waals surface area contributed by atoms with Gasteiger partial charge in [0, 0.05) is 0 Å². The molecule has 0 aromatic carbocycles. The quantitative estimate of drug-likeness (QED) is 0.698. The molecule has 0 aliphatic carbocycles. The second-order valence-electron chi connectivity index (χ2n) is 3.02. The summed E-state index contributed by atoms with van der Waals surface area (Å²) in [6.45, 7) is 3.76. The monoisotopic (exact) mass is 177 g/mol. The molecule has 0 saturated heterocycles. The lowest BCUT2D eigenvalue weighted by Gasteiger charge is -1.92. The molecule has 0 unspecified atom stereocenters. The van der Waals surface area contributed by atoms with Gasteiger partial charge in [-0.3, -0.25) is 5.10 Å². The van der Waals surface area contributed by atoms with E-state index < -0.39 is 0 Å². The highest BCUT2D eigenvalue weighted by Gasteiger charge is 2.11. The summed E-state index contributed by atoms with van der Waals surface area (Å²) in [7, 11) is 0. The second-order valence-corrected chi connectivity index (χ2v) is 3.02. The van der Waals surface area contributed by atoms with Crippen LogP contribution in [0.4, 0.5) is 5.69 Å². The molecule has 0 saturated carbocycles. The number of anilines is 1. The van der Waals surface area contributed by atoms with E-state index in [9.17, 15) is 0 Å². The van der Waals surface area contributed by atoms with Crippen molar-refractivity contribution in [2.45, 2.75) is 13.8 Å². The molecule has 4 nitrogen and oxygen atoms in total. The van der Waals surface area contributed by atoms with Gasteiger partial charge in [0.1, 0.15) is 5.76 Å². The number of nitrogen functional groups attached to an aromatic ring is 1. The van der Waals surface area contributed by atoms with E-state index in [4.69, 9.17) is 10.2 Å². The molecule has 68 valence electrons. The number of hydrogen-bond donors (Lipinski definition) is 2. The van der Waals surface area contributed by atoms with Crippen LogP contribution < -0.4 is 5.73 Å². The summed E-state index contributed by atoms with van der Waals surface area (Å²) in [5.74, 6) is 1.56. The fraction of sp³-hybridized carbons (Fsp3) is 0.222. The van der Waals surface area contributed by atoms with E-state index in [0.717, 1.165) is 11.5 Å². The number of nitrogens with one attached hydrogen (secondary N) is 1. The molecule has 2 aromatic heterocycles. The Morgan fingerprint density at radius 3 is 2.62 bits per heavy atom. The summed E-state index contributed by atoms with van der Waals surface area (Å²) in [6, 6.07) is 3.75. The first-order valence-corrected chi connectivity index (χ1v) is 4.05. The summed E-state index contributed by atoms with van der Waals surface area (Å²) in [6.07, 6.45) is 0. The van der Waals surface area contributed by atoms with E-state index in [1.807, 2.05) is 26.0 Å². The number of aromatic nitrogens is 2. The summed E-state index contributed by atoms with van der Waals surface area (Å²) in [5, 5.41) is 6.86. The first kappa shape index (κ1) is 7.91. The van der Waals surface area contributed by atoms with Gasteiger partial charge in [0.25, 0.3) is 0 Å². The lowest BCUT2D eigenvalue weighted by Crippen LogP contribution is -1.87. The maximum atomic E-state index is 5.79. The maximum Gasteiger partial charge on any atom is 0.156 e. The van der Waals surface area contributed by atoms with Crippen molar-refractivity contribution in [3.8, 4) is 11.5 Å². The van der Waals surface area contributed by atoms with Crippen LogP contribution in [0.1, 0.15) is 11.5 Å². The Morgan fingerprint density at radius 2 is 2.15 bits per heavy atom. The molecule has 0 aliphatic rings. The van der Waals surface area contributed by atoms with Crippen molar-refractivity contribution in [3.05, 3.63) is 23.6 Å². The third-order valence-corrected chi connectivity index (χ3v) is 1.97. The molecule has 2 rings (SSSR count). The highest BCUT2D eigenvalue weighted by atomic mass is 16.3. The van der Waals surface area contributed by atoms with Crippen LogP contribution in [0.25, 0.3) is 11.5 Å². The molecular formula is C9H11N3O. The van der Waals surface area contributed by atoms with E-state index in [2.05, 4.69) is 10.2 Å². The van der Waals surface area contributed by atoms with Crippen molar-refractivity contribution in [1.29, 1.82) is 0 Å². The van der Waals surface area contributed by atoms with Crippen molar-refractivity contribution in [2.75, 3.05) is 5.73 Å². The molecular weight excluding hydrogens is 166 g/mol. The summed E-state index contributed by atoms with van der Waals surface area (Å²) in [5.41, 5.74) is 7.99. The smallest absolute Gasteiger partial charge is 0.156 e. The normalized spacial score (nSPS) is 10.6. The van der Waals surface area contributed by atoms with E-state index in [-0.39, 0.29) is 0 Å². The van der Waals surface area contributed by atoms with E-state index in [0.29, 0.717) is 17.1 Å². The Bertz CT molecular complexity index is 428. The number of nitrogens with two attached hydrogens (primary N) is 1. The Labute approximate surface area is 75.7 Å². The van der Waals surface area contributed by atoms with Gasteiger partial charge in [-0.05, 0) is 26.0 Å². The number of aryl methyl sites for hydroxylation is 2. The topological polar surface area (TPSA) is 67.8 Å². The lowest BCUT2D eigenvalue weighted by molar-refractivity contribution is 0.546. The summed E-state index contributed by atoms with van der Waals surface area (Å²) >= 11 is 0. The van der Waals surface area contributed by atoms with Crippen molar-refractivity contribution < 1.29 is 4.42 Å². The van der Waals surface area contributed by atoms with Gasteiger partial charge in [-0.1, -0.05) is 0 Å². The van der Waals surface area contributed by atoms with E-state index >= 15 is 0 Å². The van der Waals surface area contributed by atoms with E-state index in [1.54, 1.807) is 0 Å². The molecule has 0 fully saturated rings. The highest BCUT2D eigenvalue weighted by molar-refractivity contribution is 5.70. The zero-order valence-electron chi connectivity index (χ0n) is 7.59.